The molecule has 0 radical (unpaired) electrons. The molecule has 12 heavy (non-hydrogen) atoms. The monoisotopic (exact) mass is 162 g/mol. The molecule has 62 valence electrons. The minimum absolute atomic E-state index is 0.131. The van der Waals surface area contributed by atoms with Crippen LogP contribution in [0.25, 0.3) is 10.7 Å². The highest BCUT2D eigenvalue weighted by molar-refractivity contribution is 6.00. The van der Waals surface area contributed by atoms with Crippen LogP contribution in [0.1, 0.15) is 0 Å². The second kappa shape index (κ2) is 2.30. The second-order valence-electron chi connectivity index (χ2n) is 2.33. The summed E-state index contributed by atoms with van der Waals surface area (Å²) in [6.45, 7) is 0. The number of nitrogens with zero attached hydrogens (tertiary/aromatic N) is 3. The van der Waals surface area contributed by atoms with Gasteiger partial charge in [-0.3, -0.25) is 0 Å². The van der Waals surface area contributed by atoms with Crippen LogP contribution in [-0.2, 0) is 0 Å². The lowest BCUT2D eigenvalue weighted by atomic mass is 10.2. The maximum absolute atomic E-state index is 10.9. The van der Waals surface area contributed by atoms with E-state index in [1.165, 1.54) is 0 Å². The Morgan fingerprint density at radius 1 is 1.25 bits per heavy atom. The van der Waals surface area contributed by atoms with Crippen molar-refractivity contribution >= 4 is 17.3 Å². The minimum Gasteiger partial charge on any atom is -0.820 e. The standard InChI is InChI=1S/C7H6N4O/c8-7-9-5-3-1-2-4-6(5)10-11(7)12/h1-4H,8H2/q-2. The van der Waals surface area contributed by atoms with E-state index in [0.717, 1.165) is 0 Å². The summed E-state index contributed by atoms with van der Waals surface area (Å²) in [7, 11) is 0. The van der Waals surface area contributed by atoms with Gasteiger partial charge in [-0.1, -0.05) is 23.9 Å². The van der Waals surface area contributed by atoms with Crippen LogP contribution in [-0.4, -0.2) is 10.8 Å². The van der Waals surface area contributed by atoms with Gasteiger partial charge in [-0.15, -0.1) is 0 Å². The van der Waals surface area contributed by atoms with E-state index in [-0.39, 0.29) is 5.96 Å². The van der Waals surface area contributed by atoms with Crippen LogP contribution in [0.4, 0.5) is 11.4 Å². The molecule has 0 saturated heterocycles. The third-order valence-electron chi connectivity index (χ3n) is 1.51. The maximum atomic E-state index is 10.9. The molecule has 0 saturated carbocycles. The number of hydrogen-bond donors (Lipinski definition) is 1. The molecule has 1 aliphatic heterocycles. The highest BCUT2D eigenvalue weighted by atomic mass is 16.5. The molecule has 0 aliphatic carbocycles. The Balaban J connectivity index is 2.43. The normalized spacial score (nSPS) is 14.7. The van der Waals surface area contributed by atoms with Crippen molar-refractivity contribution in [2.75, 3.05) is 0 Å². The topological polar surface area (TPSA) is 80.3 Å². The van der Waals surface area contributed by atoms with E-state index in [1.54, 1.807) is 18.2 Å². The van der Waals surface area contributed by atoms with Gasteiger partial charge in [-0.25, -0.2) is 5.32 Å². The van der Waals surface area contributed by atoms with E-state index in [9.17, 15) is 5.21 Å². The molecular formula is C7H6N4O-2. The van der Waals surface area contributed by atoms with Gasteiger partial charge in [-0.2, -0.15) is 0 Å². The first-order valence-corrected chi connectivity index (χ1v) is 3.39. The Morgan fingerprint density at radius 3 is 2.67 bits per heavy atom. The summed E-state index contributed by atoms with van der Waals surface area (Å²) in [4.78, 5) is 0.308. The van der Waals surface area contributed by atoms with Crippen molar-refractivity contribution in [3.63, 3.8) is 0 Å². The average molecular weight is 162 g/mol. The Kier molecular flexibility index (Phi) is 1.30. The third kappa shape index (κ3) is 0.914. The Labute approximate surface area is 69.1 Å². The van der Waals surface area contributed by atoms with E-state index in [4.69, 9.17) is 5.73 Å². The van der Waals surface area contributed by atoms with Crippen molar-refractivity contribution in [1.82, 2.24) is 0 Å². The molecule has 0 amide bonds. The first-order valence-electron chi connectivity index (χ1n) is 3.39. The predicted octanol–water partition coefficient (Wildman–Crippen LogP) is 1.45. The summed E-state index contributed by atoms with van der Waals surface area (Å²) in [6, 6.07) is 7.05. The maximum Gasteiger partial charge on any atom is 0.177 e. The van der Waals surface area contributed by atoms with Crippen LogP contribution in [0, 0.1) is 5.21 Å². The van der Waals surface area contributed by atoms with Gasteiger partial charge in [0, 0.05) is 0 Å². The first kappa shape index (κ1) is 6.78. The first-order chi connectivity index (χ1) is 5.77. The number of nitrogens with two attached hydrogens (primary N) is 1. The van der Waals surface area contributed by atoms with E-state index >= 15 is 0 Å². The molecule has 0 fully saturated rings. The lowest BCUT2D eigenvalue weighted by Crippen LogP contribution is -2.21. The van der Waals surface area contributed by atoms with Crippen LogP contribution >= 0.6 is 0 Å². The lowest BCUT2D eigenvalue weighted by Gasteiger charge is -2.41. The number of para-hydroxylation sites is 1. The van der Waals surface area contributed by atoms with E-state index < -0.39 is 0 Å². The highest BCUT2D eigenvalue weighted by Gasteiger charge is 2.01. The van der Waals surface area contributed by atoms with Crippen molar-refractivity contribution in [3.05, 3.63) is 40.2 Å². The fraction of sp³-hybridized carbons (Fsp3) is 0. The van der Waals surface area contributed by atoms with Crippen molar-refractivity contribution in [3.8, 4) is 0 Å². The quantitative estimate of drug-likeness (QED) is 0.462. The smallest absolute Gasteiger partial charge is 0.177 e. The van der Waals surface area contributed by atoms with Crippen LogP contribution < -0.4 is 5.73 Å². The zero-order valence-electron chi connectivity index (χ0n) is 6.14. The molecule has 0 spiro atoms. The SMILES string of the molecule is NC1=[N+]([O-])[N-]c2ccccc2[N-]1. The molecule has 2 rings (SSSR count). The number of rotatable bonds is 0. The molecule has 0 bridgehead atoms. The Morgan fingerprint density at radius 2 is 1.92 bits per heavy atom. The lowest BCUT2D eigenvalue weighted by molar-refractivity contribution is -0.396. The average Bonchev–Trinajstić information content (AvgIpc) is 2.07. The van der Waals surface area contributed by atoms with Gasteiger partial charge in [0.2, 0.25) is 0 Å². The summed E-state index contributed by atoms with van der Waals surface area (Å²) in [6.07, 6.45) is 0. The van der Waals surface area contributed by atoms with Crippen LogP contribution in [0.15, 0.2) is 24.3 Å². The number of benzene rings is 1. The van der Waals surface area contributed by atoms with Crippen molar-refractivity contribution < 1.29 is 4.85 Å². The van der Waals surface area contributed by atoms with Crippen LogP contribution in [0.5, 0.6) is 0 Å². The fourth-order valence-electron chi connectivity index (χ4n) is 0.959. The second-order valence-corrected chi connectivity index (χ2v) is 2.33. The molecule has 0 unspecified atom stereocenters. The number of guanidine groups is 1. The molecule has 1 heterocycles. The van der Waals surface area contributed by atoms with Crippen molar-refractivity contribution in [2.24, 2.45) is 5.73 Å². The summed E-state index contributed by atoms with van der Waals surface area (Å²) in [5.41, 5.74) is 10.1. The molecule has 1 aliphatic rings. The molecule has 2 N–H and O–H groups in total. The summed E-state index contributed by atoms with van der Waals surface area (Å²) in [5.74, 6) is -0.131. The summed E-state index contributed by atoms with van der Waals surface area (Å²) < 4.78 is 0. The molecule has 0 atom stereocenters. The summed E-state index contributed by atoms with van der Waals surface area (Å²) in [5, 5.41) is 14.7. The highest BCUT2D eigenvalue weighted by Crippen LogP contribution is 2.36. The van der Waals surface area contributed by atoms with Crippen LogP contribution in [0.3, 0.4) is 0 Å². The minimum atomic E-state index is -0.131. The van der Waals surface area contributed by atoms with Gasteiger partial charge in [0.25, 0.3) is 0 Å². The predicted molar refractivity (Wildman–Crippen MR) is 45.3 cm³/mol. The third-order valence-corrected chi connectivity index (χ3v) is 1.51. The zero-order valence-corrected chi connectivity index (χ0v) is 6.14. The molecule has 5 nitrogen and oxygen atoms in total. The van der Waals surface area contributed by atoms with Gasteiger partial charge in [-0.05, 0) is 6.07 Å². The van der Waals surface area contributed by atoms with Gasteiger partial charge in [0.15, 0.2) is 5.96 Å². The molecule has 5 heteroatoms. The number of hydrogen-bond acceptors (Lipinski definition) is 2. The molecular weight excluding hydrogens is 156 g/mol. The zero-order chi connectivity index (χ0) is 8.55. The van der Waals surface area contributed by atoms with Crippen LogP contribution in [0.2, 0.25) is 0 Å². The van der Waals surface area contributed by atoms with Gasteiger partial charge in [0.05, 0.1) is 5.69 Å². The molecule has 1 aromatic rings. The summed E-state index contributed by atoms with van der Waals surface area (Å²) >= 11 is 0. The Bertz CT molecular complexity index is 314. The van der Waals surface area contributed by atoms with E-state index in [0.29, 0.717) is 16.2 Å². The van der Waals surface area contributed by atoms with Gasteiger partial charge < -0.3 is 21.2 Å². The largest absolute Gasteiger partial charge is 0.820 e. The van der Waals surface area contributed by atoms with Crippen molar-refractivity contribution in [2.45, 2.75) is 0 Å². The number of fused-ring (bicyclic) bond motifs is 1. The van der Waals surface area contributed by atoms with Gasteiger partial charge in [0.1, 0.15) is 0 Å². The van der Waals surface area contributed by atoms with E-state index in [2.05, 4.69) is 10.7 Å². The Hall–Kier alpha value is -1.91. The van der Waals surface area contributed by atoms with E-state index in [1.807, 2.05) is 6.07 Å². The van der Waals surface area contributed by atoms with Crippen molar-refractivity contribution in [1.29, 1.82) is 0 Å². The van der Waals surface area contributed by atoms with Gasteiger partial charge >= 0.3 is 0 Å². The molecule has 1 aromatic carbocycles. The fourth-order valence-corrected chi connectivity index (χ4v) is 0.959. The molecule has 0 aromatic heterocycles.